The van der Waals surface area contributed by atoms with E-state index in [1.165, 1.54) is 12.8 Å². The Morgan fingerprint density at radius 3 is 2.70 bits per heavy atom. The van der Waals surface area contributed by atoms with Gasteiger partial charge in [-0.1, -0.05) is 12.1 Å². The van der Waals surface area contributed by atoms with E-state index in [1.54, 1.807) is 13.3 Å². The summed E-state index contributed by atoms with van der Waals surface area (Å²) in [4.78, 5) is 4.04. The molecule has 0 amide bonds. The van der Waals surface area contributed by atoms with Gasteiger partial charge in [0.25, 0.3) is 0 Å². The van der Waals surface area contributed by atoms with Crippen LogP contribution in [0.4, 0.5) is 0 Å². The predicted molar refractivity (Wildman–Crippen MR) is 77.9 cm³/mol. The zero-order chi connectivity index (χ0) is 13.8. The van der Waals surface area contributed by atoms with Crippen molar-refractivity contribution in [2.75, 3.05) is 7.11 Å². The molecule has 1 aromatic carbocycles. The lowest BCUT2D eigenvalue weighted by atomic mass is 10.1. The molecule has 0 saturated heterocycles. The Kier molecular flexibility index (Phi) is 3.86. The zero-order valence-electron chi connectivity index (χ0n) is 11.6. The van der Waals surface area contributed by atoms with E-state index in [-0.39, 0.29) is 0 Å². The Morgan fingerprint density at radius 1 is 1.15 bits per heavy atom. The molecule has 1 heterocycles. The highest BCUT2D eigenvalue weighted by Gasteiger charge is 2.18. The van der Waals surface area contributed by atoms with Gasteiger partial charge in [-0.05, 0) is 49.4 Å². The molecule has 20 heavy (non-hydrogen) atoms. The number of aromatic nitrogens is 1. The number of ether oxygens (including phenoxy) is 2. The molecule has 0 atom stereocenters. The Morgan fingerprint density at radius 2 is 2.00 bits per heavy atom. The first kappa shape index (κ1) is 13.0. The fourth-order valence-electron chi connectivity index (χ4n) is 2.61. The summed E-state index contributed by atoms with van der Waals surface area (Å²) in [6.07, 6.45) is 9.81. The highest BCUT2D eigenvalue weighted by molar-refractivity contribution is 5.65. The van der Waals surface area contributed by atoms with Crippen molar-refractivity contribution in [3.8, 4) is 22.6 Å². The maximum absolute atomic E-state index is 6.10. The molecule has 2 aromatic rings. The van der Waals surface area contributed by atoms with E-state index < -0.39 is 0 Å². The van der Waals surface area contributed by atoms with E-state index >= 15 is 0 Å². The molecular formula is C17H18NO2. The van der Waals surface area contributed by atoms with Gasteiger partial charge < -0.3 is 9.47 Å². The monoisotopic (exact) mass is 268 g/mol. The van der Waals surface area contributed by atoms with Crippen LogP contribution in [-0.2, 0) is 0 Å². The zero-order valence-corrected chi connectivity index (χ0v) is 11.6. The van der Waals surface area contributed by atoms with Crippen LogP contribution in [0.15, 0.2) is 36.5 Å². The van der Waals surface area contributed by atoms with Crippen molar-refractivity contribution in [2.24, 2.45) is 0 Å². The molecule has 1 aromatic heterocycles. The third-order valence-corrected chi connectivity index (χ3v) is 3.68. The lowest BCUT2D eigenvalue weighted by Crippen LogP contribution is -2.11. The summed E-state index contributed by atoms with van der Waals surface area (Å²) in [6.45, 7) is 0. The molecule has 0 bridgehead atoms. The van der Waals surface area contributed by atoms with Crippen molar-refractivity contribution in [2.45, 2.75) is 31.8 Å². The Balaban J connectivity index is 1.90. The summed E-state index contributed by atoms with van der Waals surface area (Å²) in [5, 5.41) is 0. The molecule has 0 aliphatic heterocycles. The standard InChI is InChI=1S/C17H18NO2/c1-19-16-9-8-13(14-5-4-10-18-12-14)11-17(16)20-15-6-2-3-7-15/h4-5,8-11,15H,2-3,6-7H2,1H3. The van der Waals surface area contributed by atoms with Crippen molar-refractivity contribution in [1.82, 2.24) is 4.98 Å². The van der Waals surface area contributed by atoms with Gasteiger partial charge in [0.15, 0.2) is 11.5 Å². The fourth-order valence-corrected chi connectivity index (χ4v) is 2.61. The van der Waals surface area contributed by atoms with Gasteiger partial charge in [0.05, 0.1) is 19.4 Å². The molecule has 1 saturated carbocycles. The summed E-state index contributed by atoms with van der Waals surface area (Å²) >= 11 is 0. The highest BCUT2D eigenvalue weighted by atomic mass is 16.5. The summed E-state index contributed by atoms with van der Waals surface area (Å²) in [7, 11) is 1.67. The molecule has 0 N–H and O–H groups in total. The van der Waals surface area contributed by atoms with E-state index in [4.69, 9.17) is 9.47 Å². The van der Waals surface area contributed by atoms with Crippen LogP contribution >= 0.6 is 0 Å². The number of nitrogens with zero attached hydrogens (tertiary/aromatic N) is 1. The number of hydrogen-bond donors (Lipinski definition) is 0. The van der Waals surface area contributed by atoms with Crippen molar-refractivity contribution in [3.63, 3.8) is 0 Å². The van der Waals surface area contributed by atoms with Gasteiger partial charge in [-0.3, -0.25) is 4.98 Å². The summed E-state index contributed by atoms with van der Waals surface area (Å²) in [5.41, 5.74) is 2.01. The predicted octanol–water partition coefficient (Wildman–Crippen LogP) is 3.88. The molecule has 103 valence electrons. The molecular weight excluding hydrogens is 250 g/mol. The molecule has 1 fully saturated rings. The number of rotatable bonds is 4. The van der Waals surface area contributed by atoms with Crippen LogP contribution in [0.1, 0.15) is 25.7 Å². The van der Waals surface area contributed by atoms with Gasteiger partial charge >= 0.3 is 0 Å². The van der Waals surface area contributed by atoms with Crippen LogP contribution < -0.4 is 9.47 Å². The van der Waals surface area contributed by atoms with Crippen molar-refractivity contribution >= 4 is 0 Å². The quantitative estimate of drug-likeness (QED) is 0.843. The van der Waals surface area contributed by atoms with Crippen molar-refractivity contribution in [1.29, 1.82) is 0 Å². The van der Waals surface area contributed by atoms with Gasteiger partial charge in [0, 0.05) is 11.8 Å². The van der Waals surface area contributed by atoms with Crippen LogP contribution in [0.25, 0.3) is 11.1 Å². The summed E-state index contributed by atoms with van der Waals surface area (Å²) in [6, 6.07) is 9.88. The Labute approximate surface area is 119 Å². The average molecular weight is 268 g/mol. The van der Waals surface area contributed by atoms with Gasteiger partial charge in [0.1, 0.15) is 0 Å². The first-order chi connectivity index (χ1) is 9.86. The van der Waals surface area contributed by atoms with Crippen LogP contribution in [0, 0.1) is 6.20 Å². The van der Waals surface area contributed by atoms with Crippen molar-refractivity contribution < 1.29 is 9.47 Å². The largest absolute Gasteiger partial charge is 0.493 e. The second kappa shape index (κ2) is 5.95. The minimum absolute atomic E-state index is 0.317. The lowest BCUT2D eigenvalue weighted by molar-refractivity contribution is 0.201. The molecule has 1 radical (unpaired) electrons. The van der Waals surface area contributed by atoms with E-state index in [2.05, 4.69) is 11.2 Å². The molecule has 1 aliphatic rings. The third kappa shape index (κ3) is 2.77. The Hall–Kier alpha value is -2.03. The number of benzene rings is 1. The van der Waals surface area contributed by atoms with E-state index in [0.29, 0.717) is 6.10 Å². The normalized spacial score (nSPS) is 15.2. The molecule has 0 unspecified atom stereocenters. The molecule has 3 nitrogen and oxygen atoms in total. The smallest absolute Gasteiger partial charge is 0.162 e. The summed E-state index contributed by atoms with van der Waals surface area (Å²) in [5.74, 6) is 1.60. The summed E-state index contributed by atoms with van der Waals surface area (Å²) < 4.78 is 11.5. The first-order valence-electron chi connectivity index (χ1n) is 7.04. The second-order valence-electron chi connectivity index (χ2n) is 5.05. The van der Waals surface area contributed by atoms with E-state index in [1.807, 2.05) is 30.3 Å². The van der Waals surface area contributed by atoms with Gasteiger partial charge in [0.2, 0.25) is 0 Å². The van der Waals surface area contributed by atoms with Crippen LogP contribution in [-0.4, -0.2) is 18.2 Å². The minimum Gasteiger partial charge on any atom is -0.493 e. The average Bonchev–Trinajstić information content (AvgIpc) is 3.01. The highest BCUT2D eigenvalue weighted by Crippen LogP contribution is 2.35. The number of pyridine rings is 1. The molecule has 1 aliphatic carbocycles. The molecule has 3 heteroatoms. The SMILES string of the molecule is COc1ccc(-c2[c]nccc2)cc1OC1CCCC1. The van der Waals surface area contributed by atoms with Crippen molar-refractivity contribution in [3.05, 3.63) is 42.7 Å². The van der Waals surface area contributed by atoms with Crippen LogP contribution in [0.2, 0.25) is 0 Å². The van der Waals surface area contributed by atoms with E-state index in [9.17, 15) is 0 Å². The molecule has 3 rings (SSSR count). The van der Waals surface area contributed by atoms with Crippen LogP contribution in [0.3, 0.4) is 0 Å². The number of hydrogen-bond acceptors (Lipinski definition) is 3. The Bertz CT molecular complexity index is 562. The van der Waals surface area contributed by atoms with Gasteiger partial charge in [-0.25, -0.2) is 0 Å². The van der Waals surface area contributed by atoms with E-state index in [0.717, 1.165) is 35.5 Å². The second-order valence-corrected chi connectivity index (χ2v) is 5.05. The van der Waals surface area contributed by atoms with Gasteiger partial charge in [-0.2, -0.15) is 0 Å². The first-order valence-corrected chi connectivity index (χ1v) is 7.04. The maximum atomic E-state index is 6.10. The lowest BCUT2D eigenvalue weighted by Gasteiger charge is -2.16. The fraction of sp³-hybridized carbons (Fsp3) is 0.353. The van der Waals surface area contributed by atoms with Crippen LogP contribution in [0.5, 0.6) is 11.5 Å². The number of methoxy groups -OCH3 is 1. The third-order valence-electron chi connectivity index (χ3n) is 3.68. The van der Waals surface area contributed by atoms with Gasteiger partial charge in [-0.15, -0.1) is 0 Å². The molecule has 0 spiro atoms. The topological polar surface area (TPSA) is 31.4 Å². The minimum atomic E-state index is 0.317. The maximum Gasteiger partial charge on any atom is 0.162 e.